The van der Waals surface area contributed by atoms with Crippen molar-refractivity contribution in [3.63, 3.8) is 0 Å². The summed E-state index contributed by atoms with van der Waals surface area (Å²) in [6.07, 6.45) is 1.76. The number of benzene rings is 3. The fourth-order valence-corrected chi connectivity index (χ4v) is 3.57. The summed E-state index contributed by atoms with van der Waals surface area (Å²) in [5, 5.41) is 4.32. The van der Waals surface area contributed by atoms with Gasteiger partial charge in [-0.15, -0.1) is 0 Å². The number of hydrogen-bond donors (Lipinski definition) is 1. The first-order valence-electron chi connectivity index (χ1n) is 9.13. The molecule has 0 aromatic heterocycles. The van der Waals surface area contributed by atoms with Crippen molar-refractivity contribution in [1.29, 1.82) is 0 Å². The Balaban J connectivity index is 1.65. The minimum Gasteiger partial charge on any atom is -0.496 e. The topological polar surface area (TPSA) is 52.1 Å². The fraction of sp³-hybridized carbons (Fsp3) is 0.174. The number of ether oxygens (including phenoxy) is 3. The Bertz CT molecular complexity index is 962. The summed E-state index contributed by atoms with van der Waals surface area (Å²) in [7, 11) is 3.30. The molecule has 0 atom stereocenters. The van der Waals surface area contributed by atoms with Gasteiger partial charge < -0.3 is 19.6 Å². The number of halogens is 1. The fourth-order valence-electron chi connectivity index (χ4n) is 2.78. The zero-order valence-corrected chi connectivity index (χ0v) is 18.5. The quantitative estimate of drug-likeness (QED) is 0.254. The van der Waals surface area contributed by atoms with Crippen LogP contribution in [0.2, 0.25) is 0 Å². The van der Waals surface area contributed by atoms with E-state index in [0.29, 0.717) is 18.9 Å². The van der Waals surface area contributed by atoms with Gasteiger partial charge in [0.15, 0.2) is 11.5 Å². The minimum absolute atomic E-state index is 0.487. The van der Waals surface area contributed by atoms with E-state index in [-0.39, 0.29) is 0 Å². The lowest BCUT2D eigenvalue weighted by atomic mass is 10.2. The van der Waals surface area contributed by atoms with Gasteiger partial charge in [0.2, 0.25) is 0 Å². The van der Waals surface area contributed by atoms with E-state index in [1.54, 1.807) is 20.4 Å². The van der Waals surface area contributed by atoms with Gasteiger partial charge in [0, 0.05) is 5.56 Å². The largest absolute Gasteiger partial charge is 0.496 e. The van der Waals surface area contributed by atoms with Gasteiger partial charge in [-0.25, -0.2) is 0 Å². The second kappa shape index (κ2) is 10.7. The third-order valence-corrected chi connectivity index (χ3v) is 5.05. The van der Waals surface area contributed by atoms with Crippen LogP contribution in [0.25, 0.3) is 0 Å². The molecule has 0 saturated carbocycles. The lowest BCUT2D eigenvalue weighted by molar-refractivity contribution is 0.282. The molecule has 0 spiro atoms. The number of nitrogens with zero attached hydrogens (tertiary/aromatic N) is 1. The van der Waals surface area contributed by atoms with E-state index in [0.717, 1.165) is 31.8 Å². The van der Waals surface area contributed by atoms with Crippen molar-refractivity contribution in [2.75, 3.05) is 14.2 Å². The lowest BCUT2D eigenvalue weighted by Gasteiger charge is -2.13. The van der Waals surface area contributed by atoms with E-state index >= 15 is 0 Å². The van der Waals surface area contributed by atoms with Gasteiger partial charge >= 0.3 is 0 Å². The summed E-state index contributed by atoms with van der Waals surface area (Å²) in [4.78, 5) is 0. The molecule has 3 aromatic rings. The Hall–Kier alpha value is -2.74. The summed E-state index contributed by atoms with van der Waals surface area (Å²) in [5.74, 6) is 2.25. The molecule has 0 aliphatic rings. The molecule has 3 aromatic carbocycles. The monoisotopic (exact) mass is 502 g/mol. The SMILES string of the molecule is COc1ccccc1CN/N=C\c1cc(I)c(OCc2ccccc2)c(OC)c1. The van der Waals surface area contributed by atoms with Crippen LogP contribution >= 0.6 is 22.6 Å². The number of hydrogen-bond acceptors (Lipinski definition) is 5. The molecule has 5 nitrogen and oxygen atoms in total. The van der Waals surface area contributed by atoms with Gasteiger partial charge in [-0.1, -0.05) is 48.5 Å². The summed E-state index contributed by atoms with van der Waals surface area (Å²) in [6, 6.07) is 21.8. The van der Waals surface area contributed by atoms with Gasteiger partial charge in [0.1, 0.15) is 12.4 Å². The number of hydrazone groups is 1. The van der Waals surface area contributed by atoms with Crippen molar-refractivity contribution in [3.8, 4) is 17.2 Å². The Morgan fingerprint density at radius 1 is 0.931 bits per heavy atom. The number of rotatable bonds is 9. The maximum atomic E-state index is 6.00. The molecule has 0 bridgehead atoms. The third-order valence-electron chi connectivity index (χ3n) is 4.24. The molecular weight excluding hydrogens is 479 g/mol. The molecule has 0 aliphatic carbocycles. The van der Waals surface area contributed by atoms with E-state index in [2.05, 4.69) is 33.1 Å². The molecule has 6 heteroatoms. The third kappa shape index (κ3) is 5.87. The number of para-hydroxylation sites is 1. The highest BCUT2D eigenvalue weighted by atomic mass is 127. The Morgan fingerprint density at radius 3 is 2.41 bits per heavy atom. The standard InChI is InChI=1S/C23H23IN2O3/c1-27-21-11-7-6-10-19(21)15-26-25-14-18-12-20(24)23(22(13-18)28-2)29-16-17-8-4-3-5-9-17/h3-14,26H,15-16H2,1-2H3/b25-14-. The second-order valence-corrected chi connectivity index (χ2v) is 7.38. The molecule has 29 heavy (non-hydrogen) atoms. The van der Waals surface area contributed by atoms with Crippen LogP contribution in [0.1, 0.15) is 16.7 Å². The van der Waals surface area contributed by atoms with Gasteiger partial charge in [-0.2, -0.15) is 5.10 Å². The highest BCUT2D eigenvalue weighted by Crippen LogP contribution is 2.34. The number of methoxy groups -OCH3 is 2. The van der Waals surface area contributed by atoms with E-state index < -0.39 is 0 Å². The van der Waals surface area contributed by atoms with Crippen molar-refractivity contribution in [3.05, 3.63) is 87.0 Å². The van der Waals surface area contributed by atoms with E-state index in [4.69, 9.17) is 14.2 Å². The molecular formula is C23H23IN2O3. The Morgan fingerprint density at radius 2 is 1.66 bits per heavy atom. The summed E-state index contributed by atoms with van der Waals surface area (Å²) >= 11 is 2.25. The molecule has 0 unspecified atom stereocenters. The maximum Gasteiger partial charge on any atom is 0.174 e. The van der Waals surface area contributed by atoms with Crippen LogP contribution in [0.4, 0.5) is 0 Å². The average Bonchev–Trinajstić information content (AvgIpc) is 2.76. The van der Waals surface area contributed by atoms with Gasteiger partial charge in [-0.05, 0) is 51.9 Å². The normalized spacial score (nSPS) is 10.7. The van der Waals surface area contributed by atoms with Crippen LogP contribution in [0.5, 0.6) is 17.2 Å². The summed E-state index contributed by atoms with van der Waals surface area (Å²) in [5.41, 5.74) is 6.13. The van der Waals surface area contributed by atoms with Crippen LogP contribution in [-0.2, 0) is 13.2 Å². The van der Waals surface area contributed by atoms with Gasteiger partial charge in [0.25, 0.3) is 0 Å². The smallest absolute Gasteiger partial charge is 0.174 e. The van der Waals surface area contributed by atoms with Crippen molar-refractivity contribution in [2.24, 2.45) is 5.10 Å². The summed E-state index contributed by atoms with van der Waals surface area (Å²) < 4.78 is 17.8. The van der Waals surface area contributed by atoms with Crippen molar-refractivity contribution in [1.82, 2.24) is 5.43 Å². The molecule has 0 radical (unpaired) electrons. The first-order chi connectivity index (χ1) is 14.2. The summed E-state index contributed by atoms with van der Waals surface area (Å²) in [6.45, 7) is 1.06. The predicted octanol–water partition coefficient (Wildman–Crippen LogP) is 5.01. The molecule has 0 amide bonds. The Kier molecular flexibility index (Phi) is 7.75. The van der Waals surface area contributed by atoms with Gasteiger partial charge in [-0.3, -0.25) is 0 Å². The van der Waals surface area contributed by atoms with E-state index in [1.165, 1.54) is 0 Å². The second-order valence-electron chi connectivity index (χ2n) is 6.21. The molecule has 0 aliphatic heterocycles. The van der Waals surface area contributed by atoms with Crippen LogP contribution in [0.3, 0.4) is 0 Å². The lowest BCUT2D eigenvalue weighted by Crippen LogP contribution is -2.07. The highest BCUT2D eigenvalue weighted by molar-refractivity contribution is 14.1. The average molecular weight is 502 g/mol. The van der Waals surface area contributed by atoms with Crippen molar-refractivity contribution >= 4 is 28.8 Å². The van der Waals surface area contributed by atoms with E-state index in [1.807, 2.05) is 66.7 Å². The molecule has 150 valence electrons. The van der Waals surface area contributed by atoms with Crippen LogP contribution in [0, 0.1) is 3.57 Å². The molecule has 0 fully saturated rings. The van der Waals surface area contributed by atoms with Crippen molar-refractivity contribution < 1.29 is 14.2 Å². The number of nitrogens with one attached hydrogen (secondary N) is 1. The van der Waals surface area contributed by atoms with Crippen LogP contribution in [-0.4, -0.2) is 20.4 Å². The van der Waals surface area contributed by atoms with E-state index in [9.17, 15) is 0 Å². The first-order valence-corrected chi connectivity index (χ1v) is 10.2. The van der Waals surface area contributed by atoms with Gasteiger partial charge in [0.05, 0.1) is 30.5 Å². The molecule has 0 heterocycles. The Labute approximate surface area is 184 Å². The molecule has 0 saturated heterocycles. The molecule has 3 rings (SSSR count). The first kappa shape index (κ1) is 21.0. The van der Waals surface area contributed by atoms with Crippen molar-refractivity contribution in [2.45, 2.75) is 13.2 Å². The zero-order chi connectivity index (χ0) is 20.5. The van der Waals surface area contributed by atoms with Crippen LogP contribution < -0.4 is 19.6 Å². The minimum atomic E-state index is 0.487. The maximum absolute atomic E-state index is 6.00. The zero-order valence-electron chi connectivity index (χ0n) is 16.4. The predicted molar refractivity (Wildman–Crippen MR) is 124 cm³/mol. The van der Waals surface area contributed by atoms with Crippen LogP contribution in [0.15, 0.2) is 71.8 Å². The highest BCUT2D eigenvalue weighted by Gasteiger charge is 2.11. The molecule has 1 N–H and O–H groups in total.